The Bertz CT molecular complexity index is 1040. The first-order valence-corrected chi connectivity index (χ1v) is 8.59. The third-order valence-electron chi connectivity index (χ3n) is 3.51. The molecule has 128 valence electrons. The van der Waals surface area contributed by atoms with E-state index in [1.165, 1.54) is 59.3 Å². The Hall–Kier alpha value is -3.04. The van der Waals surface area contributed by atoms with Gasteiger partial charge in [0.25, 0.3) is 5.91 Å². The summed E-state index contributed by atoms with van der Waals surface area (Å²) >= 11 is 0. The second kappa shape index (κ2) is 6.11. The second-order valence-corrected chi connectivity index (χ2v) is 6.80. The van der Waals surface area contributed by atoms with E-state index in [1.54, 1.807) is 0 Å². The summed E-state index contributed by atoms with van der Waals surface area (Å²) in [6, 6.07) is 12.7. The van der Waals surface area contributed by atoms with E-state index in [4.69, 9.17) is 10.9 Å². The van der Waals surface area contributed by atoms with Crippen LogP contribution in [-0.4, -0.2) is 24.1 Å². The van der Waals surface area contributed by atoms with E-state index < -0.39 is 21.7 Å². The highest BCUT2D eigenvalue weighted by molar-refractivity contribution is 7.89. The molecule has 0 spiro atoms. The van der Waals surface area contributed by atoms with Gasteiger partial charge in [-0.3, -0.25) is 4.79 Å². The Balaban J connectivity index is 2.14. The maximum absolute atomic E-state index is 13.2. The molecule has 1 heterocycles. The molecule has 0 saturated heterocycles. The summed E-state index contributed by atoms with van der Waals surface area (Å²) in [5, 5.41) is 9.22. The van der Waals surface area contributed by atoms with Gasteiger partial charge in [0, 0.05) is 5.56 Å². The normalized spacial score (nSPS) is 11.4. The Morgan fingerprint density at radius 2 is 1.64 bits per heavy atom. The second-order valence-electron chi connectivity index (χ2n) is 5.24. The molecule has 0 atom stereocenters. The predicted molar refractivity (Wildman–Crippen MR) is 88.8 cm³/mol. The predicted octanol–water partition coefficient (Wildman–Crippen LogP) is 1.42. The first-order chi connectivity index (χ1) is 11.8. The summed E-state index contributed by atoms with van der Waals surface area (Å²) in [6.07, 6.45) is 0. The molecular formula is C16H13FN4O3S. The minimum absolute atomic E-state index is 0.0230. The average molecular weight is 360 g/mol. The van der Waals surface area contributed by atoms with E-state index in [9.17, 15) is 17.6 Å². The highest BCUT2D eigenvalue weighted by Crippen LogP contribution is 2.25. The molecule has 0 radical (unpaired) electrons. The van der Waals surface area contributed by atoms with Crippen molar-refractivity contribution in [1.29, 1.82) is 0 Å². The van der Waals surface area contributed by atoms with Gasteiger partial charge < -0.3 is 5.73 Å². The minimum atomic E-state index is -3.82. The third-order valence-corrected chi connectivity index (χ3v) is 4.44. The van der Waals surface area contributed by atoms with Crippen molar-refractivity contribution >= 4 is 15.9 Å². The molecule has 0 aliphatic carbocycles. The molecule has 25 heavy (non-hydrogen) atoms. The van der Waals surface area contributed by atoms with Crippen molar-refractivity contribution in [2.45, 2.75) is 4.90 Å². The van der Waals surface area contributed by atoms with Crippen LogP contribution in [0.3, 0.4) is 0 Å². The number of benzene rings is 2. The molecule has 4 N–H and O–H groups in total. The quantitative estimate of drug-likeness (QED) is 0.731. The van der Waals surface area contributed by atoms with Crippen LogP contribution in [0.1, 0.15) is 10.5 Å². The maximum Gasteiger partial charge on any atom is 0.269 e. The molecular weight excluding hydrogens is 347 g/mol. The molecule has 3 aromatic rings. The number of amides is 1. The van der Waals surface area contributed by atoms with Crippen molar-refractivity contribution in [2.24, 2.45) is 10.9 Å². The number of aromatic nitrogens is 2. The van der Waals surface area contributed by atoms with Crippen LogP contribution in [0.4, 0.5) is 4.39 Å². The summed E-state index contributed by atoms with van der Waals surface area (Å²) in [5.41, 5.74) is 6.90. The zero-order valence-electron chi connectivity index (χ0n) is 12.8. The summed E-state index contributed by atoms with van der Waals surface area (Å²) in [4.78, 5) is 11.4. The van der Waals surface area contributed by atoms with Gasteiger partial charge in [0.1, 0.15) is 5.82 Å². The molecule has 0 unspecified atom stereocenters. The zero-order valence-corrected chi connectivity index (χ0v) is 13.6. The molecule has 1 aromatic heterocycles. The molecule has 2 aromatic carbocycles. The largest absolute Gasteiger partial charge is 0.364 e. The van der Waals surface area contributed by atoms with E-state index in [1.807, 2.05) is 0 Å². The van der Waals surface area contributed by atoms with E-state index in [0.29, 0.717) is 16.9 Å². The first-order valence-electron chi connectivity index (χ1n) is 7.05. The van der Waals surface area contributed by atoms with Gasteiger partial charge in [0.05, 0.1) is 16.3 Å². The molecule has 3 rings (SSSR count). The number of primary sulfonamides is 1. The number of nitrogens with two attached hydrogens (primary N) is 2. The van der Waals surface area contributed by atoms with Crippen LogP contribution < -0.4 is 10.9 Å². The average Bonchev–Trinajstić information content (AvgIpc) is 3.00. The van der Waals surface area contributed by atoms with Crippen LogP contribution in [0.2, 0.25) is 0 Å². The van der Waals surface area contributed by atoms with Gasteiger partial charge >= 0.3 is 0 Å². The Morgan fingerprint density at radius 3 is 2.16 bits per heavy atom. The van der Waals surface area contributed by atoms with E-state index in [0.717, 1.165) is 0 Å². The number of nitrogens with zero attached hydrogens (tertiary/aromatic N) is 2. The van der Waals surface area contributed by atoms with Gasteiger partial charge in [-0.25, -0.2) is 22.6 Å². The lowest BCUT2D eigenvalue weighted by molar-refractivity contribution is 0.0995. The molecule has 0 aliphatic rings. The molecule has 0 saturated carbocycles. The smallest absolute Gasteiger partial charge is 0.269 e. The van der Waals surface area contributed by atoms with Crippen molar-refractivity contribution in [3.05, 3.63) is 66.1 Å². The lowest BCUT2D eigenvalue weighted by Gasteiger charge is -2.08. The topological polar surface area (TPSA) is 121 Å². The molecule has 0 bridgehead atoms. The Kier molecular flexibility index (Phi) is 4.11. The number of hydrogen-bond acceptors (Lipinski definition) is 4. The summed E-state index contributed by atoms with van der Waals surface area (Å²) in [7, 11) is -3.82. The molecule has 9 heteroatoms. The molecule has 0 fully saturated rings. The van der Waals surface area contributed by atoms with Gasteiger partial charge in [-0.2, -0.15) is 5.10 Å². The van der Waals surface area contributed by atoms with Crippen molar-refractivity contribution in [1.82, 2.24) is 9.78 Å². The van der Waals surface area contributed by atoms with Crippen LogP contribution in [0.5, 0.6) is 0 Å². The van der Waals surface area contributed by atoms with E-state index in [-0.39, 0.29) is 10.6 Å². The van der Waals surface area contributed by atoms with Crippen molar-refractivity contribution in [3.8, 4) is 16.9 Å². The molecule has 7 nitrogen and oxygen atoms in total. The lowest BCUT2D eigenvalue weighted by atomic mass is 10.1. The first kappa shape index (κ1) is 16.8. The lowest BCUT2D eigenvalue weighted by Crippen LogP contribution is -2.13. The molecule has 0 aliphatic heterocycles. The molecule has 1 amide bonds. The zero-order chi connectivity index (χ0) is 18.2. The number of carbonyl (C=O) groups excluding carboxylic acids is 1. The van der Waals surface area contributed by atoms with Crippen LogP contribution in [0.25, 0.3) is 16.9 Å². The highest BCUT2D eigenvalue weighted by Gasteiger charge is 2.16. The fraction of sp³-hybridized carbons (Fsp3) is 0. The van der Waals surface area contributed by atoms with Crippen LogP contribution in [0.15, 0.2) is 59.5 Å². The van der Waals surface area contributed by atoms with Crippen molar-refractivity contribution < 1.29 is 17.6 Å². The number of primary amides is 1. The fourth-order valence-corrected chi connectivity index (χ4v) is 2.82. The van der Waals surface area contributed by atoms with Gasteiger partial charge in [-0.15, -0.1) is 0 Å². The fourth-order valence-electron chi connectivity index (χ4n) is 2.30. The third kappa shape index (κ3) is 3.42. The Labute approximate surface area is 142 Å². The summed E-state index contributed by atoms with van der Waals surface area (Å²) in [5.74, 6) is -1.12. The monoisotopic (exact) mass is 360 g/mol. The van der Waals surface area contributed by atoms with Crippen LogP contribution in [-0.2, 0) is 10.0 Å². The number of hydrogen-bond donors (Lipinski definition) is 2. The van der Waals surface area contributed by atoms with Gasteiger partial charge in [-0.1, -0.05) is 0 Å². The van der Waals surface area contributed by atoms with Gasteiger partial charge in [0.2, 0.25) is 10.0 Å². The number of carbonyl (C=O) groups is 1. The Morgan fingerprint density at radius 1 is 1.04 bits per heavy atom. The number of sulfonamides is 1. The minimum Gasteiger partial charge on any atom is -0.364 e. The highest BCUT2D eigenvalue weighted by atomic mass is 32.2. The van der Waals surface area contributed by atoms with Crippen LogP contribution in [0, 0.1) is 5.82 Å². The van der Waals surface area contributed by atoms with Crippen molar-refractivity contribution in [2.75, 3.05) is 0 Å². The standard InChI is InChI=1S/C16H13FN4O3S/c17-11-3-1-10(2-4-11)15-9-14(16(18)22)20-21(15)12-5-7-13(8-6-12)25(19,23)24/h1-9H,(H2,18,22)(H2,19,23,24). The SMILES string of the molecule is NC(=O)c1cc(-c2ccc(F)cc2)n(-c2ccc(S(N)(=O)=O)cc2)n1. The van der Waals surface area contributed by atoms with Gasteiger partial charge in [-0.05, 0) is 54.6 Å². The van der Waals surface area contributed by atoms with Crippen LogP contribution >= 0.6 is 0 Å². The maximum atomic E-state index is 13.2. The summed E-state index contributed by atoms with van der Waals surface area (Å²) < 4.78 is 37.3. The number of rotatable bonds is 4. The van der Waals surface area contributed by atoms with E-state index in [2.05, 4.69) is 5.10 Å². The van der Waals surface area contributed by atoms with Crippen molar-refractivity contribution in [3.63, 3.8) is 0 Å². The van der Waals surface area contributed by atoms with Gasteiger partial charge in [0.15, 0.2) is 5.69 Å². The van der Waals surface area contributed by atoms with E-state index >= 15 is 0 Å². The number of halogens is 1. The summed E-state index contributed by atoms with van der Waals surface area (Å²) in [6.45, 7) is 0.